The van der Waals surface area contributed by atoms with Gasteiger partial charge in [-0.2, -0.15) is 0 Å². The summed E-state index contributed by atoms with van der Waals surface area (Å²) in [5.41, 5.74) is -2.04. The van der Waals surface area contributed by atoms with Gasteiger partial charge in [0.1, 0.15) is 17.0 Å². The standard InChI is InChI=1S/C10H12ClN3O5/c1-10(17,5-15)4-13-9(16)7-2-6(14(18)19)3-12-8(7)11/h2-3,15,17H,4-5H2,1H3,(H,13,16). The van der Waals surface area contributed by atoms with Crippen LogP contribution in [0.5, 0.6) is 0 Å². The molecule has 0 spiro atoms. The third kappa shape index (κ3) is 4.12. The molecular weight excluding hydrogens is 278 g/mol. The molecule has 8 nitrogen and oxygen atoms in total. The van der Waals surface area contributed by atoms with E-state index in [0.29, 0.717) is 0 Å². The van der Waals surface area contributed by atoms with Gasteiger partial charge in [-0.1, -0.05) is 11.6 Å². The number of nitrogens with one attached hydrogen (secondary N) is 1. The van der Waals surface area contributed by atoms with Crippen molar-refractivity contribution >= 4 is 23.2 Å². The lowest BCUT2D eigenvalue weighted by Crippen LogP contribution is -2.43. The van der Waals surface area contributed by atoms with E-state index < -0.39 is 23.0 Å². The summed E-state index contributed by atoms with van der Waals surface area (Å²) in [6, 6.07) is 0.984. The first-order chi connectivity index (χ1) is 8.76. The Balaban J connectivity index is 2.88. The van der Waals surface area contributed by atoms with Crippen molar-refractivity contribution in [1.29, 1.82) is 0 Å². The lowest BCUT2D eigenvalue weighted by molar-refractivity contribution is -0.385. The molecule has 3 N–H and O–H groups in total. The molecule has 0 aliphatic carbocycles. The second-order valence-electron chi connectivity index (χ2n) is 4.13. The van der Waals surface area contributed by atoms with E-state index >= 15 is 0 Å². The molecule has 19 heavy (non-hydrogen) atoms. The highest BCUT2D eigenvalue weighted by molar-refractivity contribution is 6.32. The van der Waals surface area contributed by atoms with Crippen LogP contribution in [0.4, 0.5) is 5.69 Å². The Morgan fingerprint density at radius 3 is 2.84 bits per heavy atom. The maximum Gasteiger partial charge on any atom is 0.288 e. The lowest BCUT2D eigenvalue weighted by atomic mass is 10.1. The largest absolute Gasteiger partial charge is 0.393 e. The minimum atomic E-state index is -1.49. The third-order valence-corrected chi connectivity index (χ3v) is 2.55. The summed E-state index contributed by atoms with van der Waals surface area (Å²) in [5.74, 6) is -0.727. The van der Waals surface area contributed by atoms with E-state index in [9.17, 15) is 20.0 Å². The van der Waals surface area contributed by atoms with E-state index in [2.05, 4.69) is 10.3 Å². The zero-order valence-electron chi connectivity index (χ0n) is 9.96. The maximum absolute atomic E-state index is 11.8. The molecule has 0 bridgehead atoms. The molecule has 0 aromatic carbocycles. The van der Waals surface area contributed by atoms with Gasteiger partial charge in [0.15, 0.2) is 0 Å². The van der Waals surface area contributed by atoms with Crippen molar-refractivity contribution in [3.63, 3.8) is 0 Å². The van der Waals surface area contributed by atoms with Crippen molar-refractivity contribution < 1.29 is 19.9 Å². The average Bonchev–Trinajstić information content (AvgIpc) is 2.36. The normalized spacial score (nSPS) is 13.7. The Morgan fingerprint density at radius 2 is 2.32 bits per heavy atom. The van der Waals surface area contributed by atoms with Crippen LogP contribution >= 0.6 is 11.6 Å². The molecular formula is C10H12ClN3O5. The number of hydrogen-bond acceptors (Lipinski definition) is 6. The van der Waals surface area contributed by atoms with Crippen LogP contribution in [0, 0.1) is 10.1 Å². The van der Waals surface area contributed by atoms with Crippen LogP contribution in [-0.4, -0.2) is 44.8 Å². The number of aromatic nitrogens is 1. The number of aliphatic hydroxyl groups excluding tert-OH is 1. The van der Waals surface area contributed by atoms with Crippen molar-refractivity contribution in [2.45, 2.75) is 12.5 Å². The van der Waals surface area contributed by atoms with E-state index in [-0.39, 0.29) is 22.9 Å². The van der Waals surface area contributed by atoms with Gasteiger partial charge in [0.2, 0.25) is 0 Å². The predicted octanol–water partition coefficient (Wildman–Crippen LogP) is 0.116. The molecule has 1 unspecified atom stereocenters. The van der Waals surface area contributed by atoms with E-state index in [1.165, 1.54) is 6.92 Å². The molecule has 0 aliphatic rings. The van der Waals surface area contributed by atoms with Crippen molar-refractivity contribution in [1.82, 2.24) is 10.3 Å². The summed E-state index contributed by atoms with van der Waals surface area (Å²) in [4.78, 5) is 25.2. The van der Waals surface area contributed by atoms with Gasteiger partial charge in [-0.25, -0.2) is 4.98 Å². The highest BCUT2D eigenvalue weighted by atomic mass is 35.5. The molecule has 104 valence electrons. The van der Waals surface area contributed by atoms with Gasteiger partial charge in [0, 0.05) is 12.6 Å². The molecule has 0 radical (unpaired) electrons. The fourth-order valence-electron chi connectivity index (χ4n) is 1.12. The van der Waals surface area contributed by atoms with Crippen LogP contribution in [0.2, 0.25) is 5.15 Å². The van der Waals surface area contributed by atoms with Crippen LogP contribution in [0.25, 0.3) is 0 Å². The van der Waals surface area contributed by atoms with Crippen LogP contribution in [0.3, 0.4) is 0 Å². The number of nitro groups is 1. The van der Waals surface area contributed by atoms with Gasteiger partial charge in [-0.3, -0.25) is 14.9 Å². The molecule has 1 rings (SSSR count). The van der Waals surface area contributed by atoms with Gasteiger partial charge < -0.3 is 15.5 Å². The number of amides is 1. The monoisotopic (exact) mass is 289 g/mol. The Labute approximate surface area is 113 Å². The molecule has 0 aliphatic heterocycles. The number of pyridine rings is 1. The molecule has 9 heteroatoms. The van der Waals surface area contributed by atoms with Crippen LogP contribution in [0.15, 0.2) is 12.3 Å². The maximum atomic E-state index is 11.8. The Hall–Kier alpha value is -1.77. The number of aliphatic hydroxyl groups is 2. The Morgan fingerprint density at radius 1 is 1.68 bits per heavy atom. The number of rotatable bonds is 5. The van der Waals surface area contributed by atoms with E-state index in [4.69, 9.17) is 16.7 Å². The summed E-state index contributed by atoms with van der Waals surface area (Å²) in [6.45, 7) is 0.538. The van der Waals surface area contributed by atoms with Crippen LogP contribution in [-0.2, 0) is 0 Å². The van der Waals surface area contributed by atoms with Gasteiger partial charge >= 0.3 is 0 Å². The highest BCUT2D eigenvalue weighted by Crippen LogP contribution is 2.19. The molecule has 1 aromatic rings. The van der Waals surface area contributed by atoms with Crippen molar-refractivity contribution in [2.24, 2.45) is 0 Å². The minimum Gasteiger partial charge on any atom is -0.393 e. The molecule has 0 fully saturated rings. The number of carbonyl (C=O) groups is 1. The molecule has 1 aromatic heterocycles. The Kier molecular flexibility index (Phi) is 4.76. The summed E-state index contributed by atoms with van der Waals surface area (Å²) in [5, 5.41) is 31.0. The summed E-state index contributed by atoms with van der Waals surface area (Å²) < 4.78 is 0. The second kappa shape index (κ2) is 5.91. The first kappa shape index (κ1) is 15.3. The van der Waals surface area contributed by atoms with Gasteiger partial charge in [-0.05, 0) is 6.92 Å². The minimum absolute atomic E-state index is 0.176. The third-order valence-electron chi connectivity index (χ3n) is 2.25. The van der Waals surface area contributed by atoms with Crippen molar-refractivity contribution in [3.8, 4) is 0 Å². The average molecular weight is 290 g/mol. The SMILES string of the molecule is CC(O)(CO)CNC(=O)c1cc([N+](=O)[O-])cnc1Cl. The second-order valence-corrected chi connectivity index (χ2v) is 4.48. The van der Waals surface area contributed by atoms with Gasteiger partial charge in [0.05, 0.1) is 17.1 Å². The Bertz CT molecular complexity index is 506. The highest BCUT2D eigenvalue weighted by Gasteiger charge is 2.22. The molecule has 0 saturated heterocycles. The van der Waals surface area contributed by atoms with Crippen LogP contribution in [0.1, 0.15) is 17.3 Å². The topological polar surface area (TPSA) is 126 Å². The van der Waals surface area contributed by atoms with Crippen LogP contribution < -0.4 is 5.32 Å². The lowest BCUT2D eigenvalue weighted by Gasteiger charge is -2.20. The zero-order valence-corrected chi connectivity index (χ0v) is 10.7. The number of nitrogens with zero attached hydrogens (tertiary/aromatic N) is 2. The predicted molar refractivity (Wildman–Crippen MR) is 65.9 cm³/mol. The number of carbonyl (C=O) groups excluding carboxylic acids is 1. The smallest absolute Gasteiger partial charge is 0.288 e. The summed E-state index contributed by atoms with van der Waals surface area (Å²) in [6.07, 6.45) is 0.934. The summed E-state index contributed by atoms with van der Waals surface area (Å²) >= 11 is 5.67. The molecule has 0 saturated carbocycles. The fraction of sp³-hybridized carbons (Fsp3) is 0.400. The number of halogens is 1. The molecule has 1 heterocycles. The van der Waals surface area contributed by atoms with E-state index in [0.717, 1.165) is 12.3 Å². The fourth-order valence-corrected chi connectivity index (χ4v) is 1.31. The van der Waals surface area contributed by atoms with E-state index in [1.807, 2.05) is 0 Å². The first-order valence-corrected chi connectivity index (χ1v) is 5.56. The first-order valence-electron chi connectivity index (χ1n) is 5.18. The van der Waals surface area contributed by atoms with Gasteiger partial charge in [-0.15, -0.1) is 0 Å². The zero-order chi connectivity index (χ0) is 14.6. The molecule has 1 amide bonds. The van der Waals surface area contributed by atoms with E-state index in [1.54, 1.807) is 0 Å². The van der Waals surface area contributed by atoms with Gasteiger partial charge in [0.25, 0.3) is 11.6 Å². The molecule has 1 atom stereocenters. The van der Waals surface area contributed by atoms with Crippen molar-refractivity contribution in [2.75, 3.05) is 13.2 Å². The summed E-state index contributed by atoms with van der Waals surface area (Å²) in [7, 11) is 0. The van der Waals surface area contributed by atoms with Crippen molar-refractivity contribution in [3.05, 3.63) is 33.1 Å². The number of hydrogen-bond donors (Lipinski definition) is 3. The quantitative estimate of drug-likeness (QED) is 0.401.